The lowest BCUT2D eigenvalue weighted by Gasteiger charge is -2.27. The summed E-state index contributed by atoms with van der Waals surface area (Å²) in [6.07, 6.45) is 11.6. The molecule has 2 nitrogen and oxygen atoms in total. The molecular formula is C16H29NO. The predicted molar refractivity (Wildman–Crippen MR) is 74.6 cm³/mol. The van der Waals surface area contributed by atoms with Gasteiger partial charge in [0.2, 0.25) is 0 Å². The lowest BCUT2D eigenvalue weighted by atomic mass is 9.90. The van der Waals surface area contributed by atoms with E-state index in [4.69, 9.17) is 4.74 Å². The molecule has 2 aliphatic carbocycles. The Balaban J connectivity index is 1.45. The molecule has 104 valence electrons. The van der Waals surface area contributed by atoms with E-state index >= 15 is 0 Å². The van der Waals surface area contributed by atoms with Gasteiger partial charge in [-0.05, 0) is 75.7 Å². The Morgan fingerprint density at radius 2 is 2.06 bits per heavy atom. The fourth-order valence-corrected chi connectivity index (χ4v) is 4.16. The zero-order valence-corrected chi connectivity index (χ0v) is 11.9. The van der Waals surface area contributed by atoms with Crippen molar-refractivity contribution in [1.29, 1.82) is 0 Å². The molecule has 2 saturated carbocycles. The molecule has 0 spiro atoms. The van der Waals surface area contributed by atoms with Gasteiger partial charge in [-0.15, -0.1) is 0 Å². The van der Waals surface area contributed by atoms with Gasteiger partial charge in [-0.3, -0.25) is 0 Å². The van der Waals surface area contributed by atoms with Crippen LogP contribution in [0.15, 0.2) is 0 Å². The number of hydrogen-bond acceptors (Lipinski definition) is 2. The lowest BCUT2D eigenvalue weighted by Crippen LogP contribution is -2.37. The molecule has 3 aliphatic rings. The van der Waals surface area contributed by atoms with Crippen molar-refractivity contribution < 1.29 is 4.74 Å². The summed E-state index contributed by atoms with van der Waals surface area (Å²) < 4.78 is 5.77. The molecule has 1 N–H and O–H groups in total. The summed E-state index contributed by atoms with van der Waals surface area (Å²) in [6, 6.07) is 0.780. The molecule has 2 heteroatoms. The first-order valence-corrected chi connectivity index (χ1v) is 8.21. The van der Waals surface area contributed by atoms with Crippen molar-refractivity contribution in [2.45, 2.75) is 70.4 Å². The summed E-state index contributed by atoms with van der Waals surface area (Å²) in [5, 5.41) is 3.82. The molecule has 4 unspecified atom stereocenters. The van der Waals surface area contributed by atoms with Crippen molar-refractivity contribution in [2.75, 3.05) is 13.2 Å². The van der Waals surface area contributed by atoms with Crippen LogP contribution < -0.4 is 5.32 Å². The summed E-state index contributed by atoms with van der Waals surface area (Å²) >= 11 is 0. The standard InChI is InChI=1S/C16H29NO/c1-2-7-17-16(6-5-15-4-3-8-18-15)14-10-12-9-13(12)11-14/h12-17H,2-11H2,1H3. The van der Waals surface area contributed by atoms with Gasteiger partial charge < -0.3 is 10.1 Å². The van der Waals surface area contributed by atoms with Crippen molar-refractivity contribution in [3.8, 4) is 0 Å². The smallest absolute Gasteiger partial charge is 0.0576 e. The normalized spacial score (nSPS) is 39.8. The van der Waals surface area contributed by atoms with Gasteiger partial charge >= 0.3 is 0 Å². The minimum atomic E-state index is 0.576. The van der Waals surface area contributed by atoms with Crippen LogP contribution in [0.25, 0.3) is 0 Å². The largest absolute Gasteiger partial charge is 0.378 e. The Hall–Kier alpha value is -0.0800. The van der Waals surface area contributed by atoms with Gasteiger partial charge in [-0.1, -0.05) is 6.92 Å². The van der Waals surface area contributed by atoms with E-state index in [1.54, 1.807) is 6.42 Å². The number of rotatable bonds is 7. The maximum atomic E-state index is 5.77. The predicted octanol–water partition coefficient (Wildman–Crippen LogP) is 3.36. The quantitative estimate of drug-likeness (QED) is 0.749. The number of hydrogen-bond donors (Lipinski definition) is 1. The molecule has 1 heterocycles. The molecule has 3 rings (SSSR count). The highest BCUT2D eigenvalue weighted by atomic mass is 16.5. The molecule has 0 amide bonds. The average Bonchev–Trinajstić information content (AvgIpc) is 2.85. The van der Waals surface area contributed by atoms with Crippen LogP contribution in [0.5, 0.6) is 0 Å². The molecule has 0 bridgehead atoms. The highest BCUT2D eigenvalue weighted by Crippen LogP contribution is 2.55. The molecule has 0 radical (unpaired) electrons. The Bertz CT molecular complexity index is 252. The lowest BCUT2D eigenvalue weighted by molar-refractivity contribution is 0.0968. The van der Waals surface area contributed by atoms with Crippen molar-refractivity contribution >= 4 is 0 Å². The summed E-state index contributed by atoms with van der Waals surface area (Å²) in [7, 11) is 0. The molecule has 0 aromatic carbocycles. The number of fused-ring (bicyclic) bond motifs is 1. The molecule has 0 aromatic heterocycles. The SMILES string of the molecule is CCCNC(CCC1CCCO1)C1CC2CC2C1. The second kappa shape index (κ2) is 5.92. The van der Waals surface area contributed by atoms with Gasteiger partial charge in [0.05, 0.1) is 6.10 Å². The van der Waals surface area contributed by atoms with Gasteiger partial charge in [-0.2, -0.15) is 0 Å². The molecule has 1 aliphatic heterocycles. The van der Waals surface area contributed by atoms with Crippen molar-refractivity contribution in [2.24, 2.45) is 17.8 Å². The second-order valence-electron chi connectivity index (χ2n) is 6.76. The first-order chi connectivity index (χ1) is 8.86. The van der Waals surface area contributed by atoms with Crippen LogP contribution in [-0.4, -0.2) is 25.3 Å². The van der Waals surface area contributed by atoms with E-state index < -0.39 is 0 Å². The van der Waals surface area contributed by atoms with Crippen LogP contribution in [0, 0.1) is 17.8 Å². The zero-order valence-electron chi connectivity index (χ0n) is 11.9. The van der Waals surface area contributed by atoms with E-state index in [-0.39, 0.29) is 0 Å². The van der Waals surface area contributed by atoms with Crippen molar-refractivity contribution in [3.63, 3.8) is 0 Å². The Kier molecular flexibility index (Phi) is 4.25. The summed E-state index contributed by atoms with van der Waals surface area (Å²) in [6.45, 7) is 4.48. The van der Waals surface area contributed by atoms with Gasteiger partial charge in [0.1, 0.15) is 0 Å². The second-order valence-corrected chi connectivity index (χ2v) is 6.76. The van der Waals surface area contributed by atoms with Crippen molar-refractivity contribution in [3.05, 3.63) is 0 Å². The van der Waals surface area contributed by atoms with E-state index in [1.165, 1.54) is 51.5 Å². The molecule has 18 heavy (non-hydrogen) atoms. The Morgan fingerprint density at radius 3 is 2.72 bits per heavy atom. The van der Waals surface area contributed by atoms with E-state index in [2.05, 4.69) is 12.2 Å². The molecular weight excluding hydrogens is 222 g/mol. The minimum absolute atomic E-state index is 0.576. The van der Waals surface area contributed by atoms with Crippen LogP contribution in [0.3, 0.4) is 0 Å². The molecule has 1 saturated heterocycles. The van der Waals surface area contributed by atoms with Crippen LogP contribution >= 0.6 is 0 Å². The van der Waals surface area contributed by atoms with Crippen LogP contribution in [0.1, 0.15) is 58.3 Å². The van der Waals surface area contributed by atoms with Gasteiger partial charge in [0, 0.05) is 12.6 Å². The Morgan fingerprint density at radius 1 is 1.22 bits per heavy atom. The third-order valence-electron chi connectivity index (χ3n) is 5.33. The topological polar surface area (TPSA) is 21.3 Å². The fraction of sp³-hybridized carbons (Fsp3) is 1.00. The number of ether oxygens (including phenoxy) is 1. The van der Waals surface area contributed by atoms with Crippen LogP contribution in [0.4, 0.5) is 0 Å². The van der Waals surface area contributed by atoms with Gasteiger partial charge in [-0.25, -0.2) is 0 Å². The van der Waals surface area contributed by atoms with Crippen LogP contribution in [0.2, 0.25) is 0 Å². The Labute approximate surface area is 112 Å². The fourth-order valence-electron chi connectivity index (χ4n) is 4.16. The minimum Gasteiger partial charge on any atom is -0.378 e. The van der Waals surface area contributed by atoms with E-state index in [0.29, 0.717) is 6.10 Å². The maximum absolute atomic E-state index is 5.77. The number of nitrogens with one attached hydrogen (secondary N) is 1. The summed E-state index contributed by atoms with van der Waals surface area (Å²) in [4.78, 5) is 0. The third kappa shape index (κ3) is 3.08. The highest BCUT2D eigenvalue weighted by molar-refractivity contribution is 4.99. The highest BCUT2D eigenvalue weighted by Gasteiger charge is 2.47. The summed E-state index contributed by atoms with van der Waals surface area (Å²) in [5.41, 5.74) is 0. The van der Waals surface area contributed by atoms with Gasteiger partial charge in [0.15, 0.2) is 0 Å². The molecule has 4 atom stereocenters. The van der Waals surface area contributed by atoms with E-state index in [1.807, 2.05) is 0 Å². The summed E-state index contributed by atoms with van der Waals surface area (Å²) in [5.74, 6) is 3.20. The van der Waals surface area contributed by atoms with E-state index in [0.717, 1.165) is 30.4 Å². The maximum Gasteiger partial charge on any atom is 0.0576 e. The third-order valence-corrected chi connectivity index (χ3v) is 5.33. The first kappa shape index (κ1) is 12.9. The average molecular weight is 251 g/mol. The zero-order chi connectivity index (χ0) is 12.4. The monoisotopic (exact) mass is 251 g/mol. The molecule has 3 fully saturated rings. The van der Waals surface area contributed by atoms with E-state index in [9.17, 15) is 0 Å². The van der Waals surface area contributed by atoms with Crippen LogP contribution in [-0.2, 0) is 4.74 Å². The van der Waals surface area contributed by atoms with Gasteiger partial charge in [0.25, 0.3) is 0 Å². The first-order valence-electron chi connectivity index (χ1n) is 8.21. The van der Waals surface area contributed by atoms with Crippen molar-refractivity contribution in [1.82, 2.24) is 5.32 Å². The molecule has 0 aromatic rings.